The molecule has 1 aromatic carbocycles. The summed E-state index contributed by atoms with van der Waals surface area (Å²) >= 11 is 12.8. The standard InChI is InChI=1S/C25H27Cl2N5O2/c1-13-8-16(10-31-25(13)32-17-6-7-33-12-17)24(29)19-9-18(4-5-21(19)28)34-15(3)22-20(26)11-30-14(2)23(22)27/h4-5,8-11,15,17,29H,6-7,12,28H2,1-3H3,(H,31,32)/t15-,17-/m1/s1. The van der Waals surface area contributed by atoms with Crippen molar-refractivity contribution < 1.29 is 9.47 Å². The molecule has 0 amide bonds. The molecule has 0 aliphatic carbocycles. The summed E-state index contributed by atoms with van der Waals surface area (Å²) < 4.78 is 11.5. The molecule has 0 radical (unpaired) electrons. The highest BCUT2D eigenvalue weighted by atomic mass is 35.5. The third kappa shape index (κ3) is 5.12. The molecular formula is C25H27Cl2N5O2. The summed E-state index contributed by atoms with van der Waals surface area (Å²) in [5, 5.41) is 13.1. The fourth-order valence-electron chi connectivity index (χ4n) is 3.90. The lowest BCUT2D eigenvalue weighted by Crippen LogP contribution is -2.20. The molecule has 3 heterocycles. The van der Waals surface area contributed by atoms with Crippen LogP contribution in [0.15, 0.2) is 36.7 Å². The van der Waals surface area contributed by atoms with E-state index in [1.165, 1.54) is 0 Å². The van der Waals surface area contributed by atoms with Gasteiger partial charge < -0.3 is 20.5 Å². The molecule has 9 heteroatoms. The lowest BCUT2D eigenvalue weighted by molar-refractivity contribution is 0.195. The molecular weight excluding hydrogens is 473 g/mol. The van der Waals surface area contributed by atoms with Crippen LogP contribution >= 0.6 is 23.2 Å². The van der Waals surface area contributed by atoms with Crippen LogP contribution in [0.25, 0.3) is 0 Å². The minimum absolute atomic E-state index is 0.258. The number of nitrogens with zero attached hydrogens (tertiary/aromatic N) is 2. The molecule has 34 heavy (non-hydrogen) atoms. The Bertz CT molecular complexity index is 1230. The highest BCUT2D eigenvalue weighted by molar-refractivity contribution is 6.36. The molecule has 1 aliphatic rings. The Kier molecular flexibility index (Phi) is 7.26. The highest BCUT2D eigenvalue weighted by Crippen LogP contribution is 2.35. The highest BCUT2D eigenvalue weighted by Gasteiger charge is 2.20. The number of ether oxygens (including phenoxy) is 2. The Morgan fingerprint density at radius 2 is 2.03 bits per heavy atom. The maximum atomic E-state index is 8.78. The van der Waals surface area contributed by atoms with E-state index in [0.717, 1.165) is 24.4 Å². The van der Waals surface area contributed by atoms with Crippen LogP contribution < -0.4 is 15.8 Å². The second-order valence-corrected chi connectivity index (χ2v) is 9.18. The Balaban J connectivity index is 1.55. The van der Waals surface area contributed by atoms with Crippen molar-refractivity contribution in [3.63, 3.8) is 0 Å². The maximum absolute atomic E-state index is 8.78. The molecule has 0 saturated carbocycles. The first kappa shape index (κ1) is 24.3. The van der Waals surface area contributed by atoms with Gasteiger partial charge in [-0.1, -0.05) is 23.2 Å². The van der Waals surface area contributed by atoms with Crippen LogP contribution in [0.5, 0.6) is 5.75 Å². The fourth-order valence-corrected chi connectivity index (χ4v) is 4.55. The van der Waals surface area contributed by atoms with Gasteiger partial charge in [-0.2, -0.15) is 0 Å². The van der Waals surface area contributed by atoms with E-state index in [-0.39, 0.29) is 11.8 Å². The molecule has 178 valence electrons. The monoisotopic (exact) mass is 499 g/mol. The summed E-state index contributed by atoms with van der Waals surface area (Å²) in [7, 11) is 0. The first-order valence-corrected chi connectivity index (χ1v) is 11.8. The predicted octanol–water partition coefficient (Wildman–Crippen LogP) is 5.74. The summed E-state index contributed by atoms with van der Waals surface area (Å²) in [6.07, 6.45) is 3.77. The number of anilines is 2. The fraction of sp³-hybridized carbons (Fsp3) is 0.320. The van der Waals surface area contributed by atoms with Crippen molar-refractivity contribution in [2.75, 3.05) is 24.3 Å². The van der Waals surface area contributed by atoms with Crippen molar-refractivity contribution in [1.82, 2.24) is 9.97 Å². The molecule has 0 spiro atoms. The van der Waals surface area contributed by atoms with Crippen molar-refractivity contribution in [3.8, 4) is 5.75 Å². The summed E-state index contributed by atoms with van der Waals surface area (Å²) in [6, 6.07) is 7.43. The molecule has 7 nitrogen and oxygen atoms in total. The number of hydrogen-bond donors (Lipinski definition) is 3. The van der Waals surface area contributed by atoms with Crippen molar-refractivity contribution >= 4 is 40.4 Å². The Labute approximate surface area is 209 Å². The Morgan fingerprint density at radius 3 is 2.74 bits per heavy atom. The lowest BCUT2D eigenvalue weighted by Gasteiger charge is -2.19. The SMILES string of the molecule is Cc1cc(C(=N)c2cc(O[C@H](C)c3c(Cl)cnc(C)c3Cl)ccc2N)cnc1N[C@@H]1CCOC1. The molecule has 4 N–H and O–H groups in total. The van der Waals surface area contributed by atoms with Gasteiger partial charge in [0, 0.05) is 41.4 Å². The van der Waals surface area contributed by atoms with Gasteiger partial charge in [0.25, 0.3) is 0 Å². The summed E-state index contributed by atoms with van der Waals surface area (Å²) in [5.41, 5.74) is 10.5. The zero-order valence-corrected chi connectivity index (χ0v) is 20.8. The van der Waals surface area contributed by atoms with Gasteiger partial charge in [-0.3, -0.25) is 10.4 Å². The second-order valence-electron chi connectivity index (χ2n) is 8.40. The average Bonchev–Trinajstić information content (AvgIpc) is 3.32. The molecule has 2 aromatic heterocycles. The van der Waals surface area contributed by atoms with Gasteiger partial charge >= 0.3 is 0 Å². The van der Waals surface area contributed by atoms with Crippen LogP contribution in [0, 0.1) is 19.3 Å². The Morgan fingerprint density at radius 1 is 1.24 bits per heavy atom. The van der Waals surface area contributed by atoms with E-state index >= 15 is 0 Å². The first-order chi connectivity index (χ1) is 16.2. The van der Waals surface area contributed by atoms with Gasteiger partial charge in [-0.05, 0) is 57.0 Å². The smallest absolute Gasteiger partial charge is 0.129 e. The van der Waals surface area contributed by atoms with E-state index < -0.39 is 6.10 Å². The minimum atomic E-state index is -0.429. The van der Waals surface area contributed by atoms with Gasteiger partial charge in [-0.25, -0.2) is 4.98 Å². The maximum Gasteiger partial charge on any atom is 0.129 e. The van der Waals surface area contributed by atoms with E-state index in [1.54, 1.807) is 30.6 Å². The number of aromatic nitrogens is 2. The van der Waals surface area contributed by atoms with Crippen LogP contribution in [-0.4, -0.2) is 34.9 Å². The third-order valence-electron chi connectivity index (χ3n) is 5.83. The number of aryl methyl sites for hydroxylation is 2. The van der Waals surface area contributed by atoms with Gasteiger partial charge in [0.2, 0.25) is 0 Å². The third-order valence-corrected chi connectivity index (χ3v) is 6.61. The minimum Gasteiger partial charge on any atom is -0.486 e. The number of nitrogens with two attached hydrogens (primary N) is 1. The molecule has 2 atom stereocenters. The largest absolute Gasteiger partial charge is 0.486 e. The molecule has 3 aromatic rings. The molecule has 1 fully saturated rings. The van der Waals surface area contributed by atoms with Crippen molar-refractivity contribution in [2.24, 2.45) is 0 Å². The van der Waals surface area contributed by atoms with E-state index in [0.29, 0.717) is 50.5 Å². The molecule has 1 aliphatic heterocycles. The summed E-state index contributed by atoms with van der Waals surface area (Å²) in [6.45, 7) is 7.08. The van der Waals surface area contributed by atoms with Gasteiger partial charge in [-0.15, -0.1) is 0 Å². The molecule has 4 rings (SSSR count). The van der Waals surface area contributed by atoms with Crippen LogP contribution in [0.3, 0.4) is 0 Å². The van der Waals surface area contributed by atoms with Crippen LogP contribution in [0.4, 0.5) is 11.5 Å². The van der Waals surface area contributed by atoms with Crippen molar-refractivity contribution in [3.05, 3.63) is 74.7 Å². The van der Waals surface area contributed by atoms with E-state index in [1.807, 2.05) is 26.8 Å². The summed E-state index contributed by atoms with van der Waals surface area (Å²) in [4.78, 5) is 8.71. The number of nitrogen functional groups attached to an aromatic ring is 1. The molecule has 0 bridgehead atoms. The molecule has 1 saturated heterocycles. The number of halogens is 2. The van der Waals surface area contributed by atoms with Crippen molar-refractivity contribution in [2.45, 2.75) is 39.3 Å². The number of hydrogen-bond acceptors (Lipinski definition) is 7. The van der Waals surface area contributed by atoms with Crippen LogP contribution in [0.1, 0.15) is 47.4 Å². The van der Waals surface area contributed by atoms with E-state index in [9.17, 15) is 0 Å². The quantitative estimate of drug-likeness (QED) is 0.282. The van der Waals surface area contributed by atoms with Gasteiger partial charge in [0.05, 0.1) is 34.1 Å². The van der Waals surface area contributed by atoms with Gasteiger partial charge in [0.1, 0.15) is 17.7 Å². The number of rotatable bonds is 7. The summed E-state index contributed by atoms with van der Waals surface area (Å²) in [5.74, 6) is 1.35. The first-order valence-electron chi connectivity index (χ1n) is 11.0. The zero-order valence-electron chi connectivity index (χ0n) is 19.3. The topological polar surface area (TPSA) is 106 Å². The normalized spacial score (nSPS) is 16.3. The number of nitrogens with one attached hydrogen (secondary N) is 2. The average molecular weight is 500 g/mol. The second kappa shape index (κ2) is 10.2. The lowest BCUT2D eigenvalue weighted by atomic mass is 10.0. The van der Waals surface area contributed by atoms with E-state index in [4.69, 9.17) is 43.8 Å². The predicted molar refractivity (Wildman–Crippen MR) is 137 cm³/mol. The van der Waals surface area contributed by atoms with Crippen molar-refractivity contribution in [1.29, 1.82) is 5.41 Å². The van der Waals surface area contributed by atoms with E-state index in [2.05, 4.69) is 15.3 Å². The van der Waals surface area contributed by atoms with Crippen LogP contribution in [0.2, 0.25) is 10.0 Å². The van der Waals surface area contributed by atoms with Gasteiger partial charge in [0.15, 0.2) is 0 Å². The molecule has 0 unspecified atom stereocenters. The van der Waals surface area contributed by atoms with Crippen LogP contribution in [-0.2, 0) is 4.74 Å². The zero-order chi connectivity index (χ0) is 24.4. The Hall–Kier alpha value is -2.87. The number of pyridine rings is 2. The number of benzene rings is 1.